The molecule has 0 atom stereocenters. The van der Waals surface area contributed by atoms with Crippen LogP contribution in [0.5, 0.6) is 5.75 Å². The molecule has 0 aliphatic rings. The van der Waals surface area contributed by atoms with Crippen LogP contribution < -0.4 is 15.4 Å². The number of unbranched alkanes of at least 4 members (excludes halogenated alkanes) is 1. The van der Waals surface area contributed by atoms with Crippen LogP contribution >= 0.6 is 11.3 Å². The molecule has 1 aromatic carbocycles. The number of aryl methyl sites for hydroxylation is 1. The van der Waals surface area contributed by atoms with Crippen LogP contribution in [0, 0.1) is 0 Å². The monoisotopic (exact) mass is 520 g/mol. The molecule has 2 aromatic heterocycles. The lowest BCUT2D eigenvalue weighted by Crippen LogP contribution is -2.19. The van der Waals surface area contributed by atoms with E-state index in [9.17, 15) is 18.0 Å². The smallest absolute Gasteiger partial charge is 0.380 e. The lowest BCUT2D eigenvalue weighted by molar-refractivity contribution is -0.137. The Kier molecular flexibility index (Phi) is 8.28. The van der Waals surface area contributed by atoms with E-state index in [4.69, 9.17) is 10.6 Å². The zero-order valence-corrected chi connectivity index (χ0v) is 21.2. The first-order valence-electron chi connectivity index (χ1n) is 11.2. The van der Waals surface area contributed by atoms with E-state index in [1.807, 2.05) is 27.7 Å². The van der Waals surface area contributed by atoms with Gasteiger partial charge in [0, 0.05) is 29.9 Å². The maximum Gasteiger partial charge on any atom is 0.416 e. The third kappa shape index (κ3) is 6.78. The van der Waals surface area contributed by atoms with Gasteiger partial charge in [-0.1, -0.05) is 50.6 Å². The summed E-state index contributed by atoms with van der Waals surface area (Å²) in [7, 11) is 0. The van der Waals surface area contributed by atoms with E-state index in [0.29, 0.717) is 23.0 Å². The Morgan fingerprint density at radius 1 is 1.22 bits per heavy atom. The van der Waals surface area contributed by atoms with Crippen molar-refractivity contribution in [1.82, 2.24) is 14.8 Å². The summed E-state index contributed by atoms with van der Waals surface area (Å²) in [5.74, 6) is -1.20. The maximum absolute atomic E-state index is 13.4. The van der Waals surface area contributed by atoms with Gasteiger partial charge in [0.1, 0.15) is 5.01 Å². The Bertz CT molecular complexity index is 1310. The highest BCUT2D eigenvalue weighted by molar-refractivity contribution is 7.09. The SMILES string of the molecule is CCCCn1nc(C(C)(C)C)s/c1=N\C(=O)c1cc(C(F)(F)F)ccc1O/N=C(\N)c1cccnc1. The Hall–Kier alpha value is -3.54. The molecule has 0 aliphatic heterocycles. The highest BCUT2D eigenvalue weighted by Gasteiger charge is 2.32. The van der Waals surface area contributed by atoms with Crippen LogP contribution in [-0.2, 0) is 18.1 Å². The van der Waals surface area contributed by atoms with Crippen molar-refractivity contribution < 1.29 is 22.8 Å². The number of aromatic nitrogens is 3. The minimum Gasteiger partial charge on any atom is -0.380 e. The van der Waals surface area contributed by atoms with Crippen LogP contribution in [0.1, 0.15) is 67.0 Å². The van der Waals surface area contributed by atoms with Crippen LogP contribution in [0.4, 0.5) is 13.2 Å². The summed E-state index contributed by atoms with van der Waals surface area (Å²) in [6, 6.07) is 5.78. The van der Waals surface area contributed by atoms with E-state index in [-0.39, 0.29) is 17.0 Å². The summed E-state index contributed by atoms with van der Waals surface area (Å²) in [5, 5.41) is 9.09. The third-order valence-corrected chi connectivity index (χ3v) is 6.29. The fraction of sp³-hybridized carbons (Fsp3) is 0.375. The average Bonchev–Trinajstić information content (AvgIpc) is 3.24. The number of oxime groups is 1. The lowest BCUT2D eigenvalue weighted by atomic mass is 9.98. The number of hydrogen-bond donors (Lipinski definition) is 1. The molecule has 3 aromatic rings. The van der Waals surface area contributed by atoms with E-state index in [1.165, 1.54) is 17.5 Å². The summed E-state index contributed by atoms with van der Waals surface area (Å²) < 4.78 is 41.9. The molecule has 0 aliphatic carbocycles. The average molecular weight is 521 g/mol. The van der Waals surface area contributed by atoms with Gasteiger partial charge in [-0.3, -0.25) is 9.78 Å². The first-order valence-corrected chi connectivity index (χ1v) is 12.0. The molecule has 8 nitrogen and oxygen atoms in total. The van der Waals surface area contributed by atoms with Crippen molar-refractivity contribution in [3.05, 3.63) is 69.2 Å². The highest BCUT2D eigenvalue weighted by atomic mass is 32.1. The van der Waals surface area contributed by atoms with Crippen LogP contribution in [0.3, 0.4) is 0 Å². The van der Waals surface area contributed by atoms with Gasteiger partial charge in [-0.15, -0.1) is 0 Å². The van der Waals surface area contributed by atoms with E-state index >= 15 is 0 Å². The number of hydrogen-bond acceptors (Lipinski definition) is 6. The Morgan fingerprint density at radius 2 is 1.97 bits per heavy atom. The van der Waals surface area contributed by atoms with Crippen molar-refractivity contribution in [2.24, 2.45) is 15.9 Å². The molecule has 0 unspecified atom stereocenters. The fourth-order valence-corrected chi connectivity index (χ4v) is 3.90. The normalized spacial score (nSPS) is 13.2. The van der Waals surface area contributed by atoms with Gasteiger partial charge in [0.05, 0.1) is 11.1 Å². The van der Waals surface area contributed by atoms with Gasteiger partial charge in [-0.2, -0.15) is 23.3 Å². The van der Waals surface area contributed by atoms with Gasteiger partial charge in [-0.05, 0) is 36.8 Å². The molecule has 0 saturated heterocycles. The summed E-state index contributed by atoms with van der Waals surface area (Å²) in [4.78, 5) is 26.8. The molecule has 12 heteroatoms. The van der Waals surface area contributed by atoms with Crippen LogP contribution in [0.2, 0.25) is 0 Å². The second-order valence-corrected chi connectivity index (χ2v) is 9.91. The molecule has 0 spiro atoms. The van der Waals surface area contributed by atoms with Gasteiger partial charge in [0.2, 0.25) is 4.80 Å². The number of alkyl halides is 3. The standard InChI is InChI=1S/C24H27F3N6O2S/c1-5-6-12-33-22(36-21(31-33)23(2,3)4)30-20(34)17-13-16(24(25,26)27)9-10-18(17)35-32-19(28)15-8-7-11-29-14-15/h7-11,13-14H,5-6,12H2,1-4H3,(H2,28,32)/b30-22-. The predicted octanol–water partition coefficient (Wildman–Crippen LogP) is 4.90. The number of carbonyl (C=O) groups excluding carboxylic acids is 1. The molecule has 0 fully saturated rings. The number of pyridine rings is 1. The molecular formula is C24H27F3N6O2S. The molecule has 0 saturated carbocycles. The Labute approximate surface area is 210 Å². The molecule has 2 heterocycles. The number of nitrogens with zero attached hydrogens (tertiary/aromatic N) is 5. The molecular weight excluding hydrogens is 493 g/mol. The van der Waals surface area contributed by atoms with Gasteiger partial charge in [0.15, 0.2) is 11.6 Å². The largest absolute Gasteiger partial charge is 0.416 e. The predicted molar refractivity (Wildman–Crippen MR) is 131 cm³/mol. The van der Waals surface area contributed by atoms with Crippen LogP contribution in [0.15, 0.2) is 52.9 Å². The van der Waals surface area contributed by atoms with E-state index in [2.05, 4.69) is 20.2 Å². The van der Waals surface area contributed by atoms with Gasteiger partial charge in [-0.25, -0.2) is 4.68 Å². The Balaban J connectivity index is 2.06. The summed E-state index contributed by atoms with van der Waals surface area (Å²) in [5.41, 5.74) is 4.62. The molecule has 3 rings (SSSR count). The van der Waals surface area contributed by atoms with Gasteiger partial charge < -0.3 is 10.6 Å². The van der Waals surface area contributed by atoms with E-state index < -0.39 is 23.2 Å². The number of rotatable bonds is 7. The minimum absolute atomic E-state index is 0.0620. The zero-order valence-electron chi connectivity index (χ0n) is 20.3. The van der Waals surface area contributed by atoms with Crippen molar-refractivity contribution in [3.63, 3.8) is 0 Å². The summed E-state index contributed by atoms with van der Waals surface area (Å²) in [6.07, 6.45) is 0.0151. The van der Waals surface area contributed by atoms with Crippen molar-refractivity contribution in [1.29, 1.82) is 0 Å². The third-order valence-electron chi connectivity index (χ3n) is 4.92. The maximum atomic E-state index is 13.4. The van der Waals surface area contributed by atoms with Crippen molar-refractivity contribution in [2.45, 2.75) is 58.7 Å². The van der Waals surface area contributed by atoms with E-state index in [1.54, 1.807) is 23.0 Å². The van der Waals surface area contributed by atoms with Crippen LogP contribution in [0.25, 0.3) is 0 Å². The molecule has 1 amide bonds. The van der Waals surface area contributed by atoms with Crippen molar-refractivity contribution >= 4 is 23.1 Å². The van der Waals surface area contributed by atoms with Gasteiger partial charge >= 0.3 is 6.18 Å². The molecule has 0 radical (unpaired) electrons. The quantitative estimate of drug-likeness (QED) is 0.271. The number of halogens is 3. The van der Waals surface area contributed by atoms with Crippen LogP contribution in [-0.4, -0.2) is 26.5 Å². The van der Waals surface area contributed by atoms with Crippen molar-refractivity contribution in [3.8, 4) is 5.75 Å². The van der Waals surface area contributed by atoms with E-state index in [0.717, 1.165) is 30.0 Å². The molecule has 0 bridgehead atoms. The number of amides is 1. The molecule has 36 heavy (non-hydrogen) atoms. The molecule has 2 N–H and O–H groups in total. The van der Waals surface area contributed by atoms with Crippen molar-refractivity contribution in [2.75, 3.05) is 0 Å². The zero-order chi connectivity index (χ0) is 26.5. The van der Waals surface area contributed by atoms with Gasteiger partial charge in [0.25, 0.3) is 5.91 Å². The number of carbonyl (C=O) groups is 1. The summed E-state index contributed by atoms with van der Waals surface area (Å²) >= 11 is 1.22. The fourth-order valence-electron chi connectivity index (χ4n) is 2.91. The second-order valence-electron chi connectivity index (χ2n) is 8.95. The minimum atomic E-state index is -4.67. The highest BCUT2D eigenvalue weighted by Crippen LogP contribution is 2.33. The topological polar surface area (TPSA) is 108 Å². The first-order chi connectivity index (χ1) is 16.9. The lowest BCUT2D eigenvalue weighted by Gasteiger charge is -2.12. The molecule has 192 valence electrons. The summed E-state index contributed by atoms with van der Waals surface area (Å²) in [6.45, 7) is 8.47. The Morgan fingerprint density at radius 3 is 2.58 bits per heavy atom. The number of amidine groups is 1. The number of benzene rings is 1. The first kappa shape index (κ1) is 27.1. The number of nitrogens with two attached hydrogens (primary N) is 1. The second kappa shape index (κ2) is 11.0.